The number of hydrogen-bond donors (Lipinski definition) is 1. The van der Waals surface area contributed by atoms with Crippen molar-refractivity contribution in [1.82, 2.24) is 9.80 Å². The van der Waals surface area contributed by atoms with Gasteiger partial charge in [-0.25, -0.2) is 4.79 Å². The summed E-state index contributed by atoms with van der Waals surface area (Å²) >= 11 is 0. The van der Waals surface area contributed by atoms with Gasteiger partial charge in [-0.15, -0.1) is 0 Å². The molecule has 0 spiro atoms. The molecular weight excluding hydrogens is 336 g/mol. The Kier molecular flexibility index (Phi) is 4.25. The first-order valence-electron chi connectivity index (χ1n) is 10.1. The molecule has 4 aliphatic rings. The molecule has 4 heterocycles. The highest BCUT2D eigenvalue weighted by atomic mass is 16.4. The Morgan fingerprint density at radius 1 is 0.963 bits per heavy atom. The summed E-state index contributed by atoms with van der Waals surface area (Å²) in [6.07, 6.45) is 2.63. The fourth-order valence-corrected chi connectivity index (χ4v) is 5.70. The molecule has 4 heteroatoms. The van der Waals surface area contributed by atoms with Crippen LogP contribution in [0.1, 0.15) is 40.2 Å². The monoisotopic (exact) mass is 362 g/mol. The maximum Gasteiger partial charge on any atom is 0.335 e. The minimum Gasteiger partial charge on any atom is -0.478 e. The highest BCUT2D eigenvalue weighted by Crippen LogP contribution is 2.46. The first-order valence-corrected chi connectivity index (χ1v) is 10.1. The zero-order valence-corrected chi connectivity index (χ0v) is 15.5. The predicted octanol–water partition coefficient (Wildman–Crippen LogP) is 3.45. The van der Waals surface area contributed by atoms with Gasteiger partial charge in [0.25, 0.3) is 0 Å². The average Bonchev–Trinajstić information content (AvgIpc) is 3.11. The molecule has 3 atom stereocenters. The third-order valence-electron chi connectivity index (χ3n) is 6.91. The Morgan fingerprint density at radius 2 is 1.67 bits per heavy atom. The van der Waals surface area contributed by atoms with E-state index in [-0.39, 0.29) is 0 Å². The molecule has 0 aromatic heterocycles. The smallest absolute Gasteiger partial charge is 0.335 e. The summed E-state index contributed by atoms with van der Waals surface area (Å²) < 4.78 is 0. The normalized spacial score (nSPS) is 32.4. The van der Waals surface area contributed by atoms with Crippen LogP contribution in [-0.4, -0.2) is 52.6 Å². The van der Waals surface area contributed by atoms with Crippen LogP contribution >= 0.6 is 0 Å². The van der Waals surface area contributed by atoms with Gasteiger partial charge in [-0.2, -0.15) is 0 Å². The van der Waals surface area contributed by atoms with Crippen molar-refractivity contribution in [2.24, 2.45) is 5.92 Å². The molecule has 2 aromatic carbocycles. The number of fused-ring (bicyclic) bond motifs is 2. The predicted molar refractivity (Wildman–Crippen MR) is 105 cm³/mol. The molecule has 0 saturated carbocycles. The molecule has 0 radical (unpaired) electrons. The van der Waals surface area contributed by atoms with Crippen molar-refractivity contribution in [3.05, 3.63) is 71.3 Å². The number of benzene rings is 2. The number of carboxylic acid groups (broad SMARTS) is 1. The third-order valence-corrected chi connectivity index (χ3v) is 6.91. The molecular formula is C23H26N2O2. The average molecular weight is 362 g/mol. The van der Waals surface area contributed by atoms with Gasteiger partial charge < -0.3 is 5.11 Å². The fraction of sp³-hybridized carbons (Fsp3) is 0.435. The molecule has 4 fully saturated rings. The Balaban J connectivity index is 1.43. The molecule has 27 heavy (non-hydrogen) atoms. The van der Waals surface area contributed by atoms with E-state index in [4.69, 9.17) is 5.11 Å². The molecule has 0 unspecified atom stereocenters. The van der Waals surface area contributed by atoms with Crippen LogP contribution in [-0.2, 0) is 6.54 Å². The lowest BCUT2D eigenvalue weighted by Crippen LogP contribution is -2.59. The summed E-state index contributed by atoms with van der Waals surface area (Å²) in [4.78, 5) is 16.5. The minimum atomic E-state index is -0.857. The van der Waals surface area contributed by atoms with Gasteiger partial charge >= 0.3 is 5.97 Å². The number of carbonyl (C=O) groups is 1. The number of hydrogen-bond acceptors (Lipinski definition) is 3. The molecule has 0 amide bonds. The fourth-order valence-electron chi connectivity index (χ4n) is 5.70. The maximum atomic E-state index is 11.1. The van der Waals surface area contributed by atoms with E-state index in [2.05, 4.69) is 40.1 Å². The van der Waals surface area contributed by atoms with Gasteiger partial charge in [0.15, 0.2) is 0 Å². The first kappa shape index (κ1) is 17.0. The van der Waals surface area contributed by atoms with Crippen molar-refractivity contribution in [1.29, 1.82) is 0 Å². The van der Waals surface area contributed by atoms with Gasteiger partial charge in [0.2, 0.25) is 0 Å². The summed E-state index contributed by atoms with van der Waals surface area (Å²) in [7, 11) is 0. The topological polar surface area (TPSA) is 43.8 Å². The third kappa shape index (κ3) is 2.97. The van der Waals surface area contributed by atoms with Crippen LogP contribution in [0.15, 0.2) is 54.6 Å². The summed E-state index contributed by atoms with van der Waals surface area (Å²) in [5, 5.41) is 9.13. The molecule has 2 bridgehead atoms. The molecule has 4 saturated heterocycles. The molecule has 0 aliphatic carbocycles. The Labute approximate surface area is 160 Å². The molecule has 4 aliphatic heterocycles. The Morgan fingerprint density at radius 3 is 2.33 bits per heavy atom. The van der Waals surface area contributed by atoms with Gasteiger partial charge in [-0.05, 0) is 55.1 Å². The van der Waals surface area contributed by atoms with Gasteiger partial charge in [-0.3, -0.25) is 9.80 Å². The zero-order chi connectivity index (χ0) is 18.4. The lowest BCUT2D eigenvalue weighted by Gasteiger charge is -2.51. The summed E-state index contributed by atoms with van der Waals surface area (Å²) in [5.41, 5.74) is 3.04. The number of likely N-dealkylation sites (tertiary alicyclic amines) is 1. The van der Waals surface area contributed by atoms with Crippen LogP contribution in [0.4, 0.5) is 0 Å². The van der Waals surface area contributed by atoms with Gasteiger partial charge in [0.1, 0.15) is 0 Å². The first-order chi connectivity index (χ1) is 13.2. The number of piperidine rings is 3. The lowest BCUT2D eigenvalue weighted by atomic mass is 9.75. The molecule has 6 rings (SSSR count). The molecule has 1 N–H and O–H groups in total. The molecule has 140 valence electrons. The van der Waals surface area contributed by atoms with E-state index in [0.717, 1.165) is 19.0 Å². The number of nitrogens with zero attached hydrogens (tertiary/aromatic N) is 2. The summed E-state index contributed by atoms with van der Waals surface area (Å²) in [6.45, 7) is 4.49. The van der Waals surface area contributed by atoms with Crippen molar-refractivity contribution in [2.75, 3.05) is 19.6 Å². The second-order valence-electron chi connectivity index (χ2n) is 8.30. The van der Waals surface area contributed by atoms with Crippen molar-refractivity contribution in [3.8, 4) is 0 Å². The van der Waals surface area contributed by atoms with E-state index >= 15 is 0 Å². The van der Waals surface area contributed by atoms with Crippen molar-refractivity contribution >= 4 is 5.97 Å². The van der Waals surface area contributed by atoms with E-state index in [0.29, 0.717) is 23.6 Å². The Hall–Kier alpha value is -2.17. The summed E-state index contributed by atoms with van der Waals surface area (Å²) in [6, 6.07) is 19.7. The van der Waals surface area contributed by atoms with Crippen LogP contribution in [0.2, 0.25) is 0 Å². The quantitative estimate of drug-likeness (QED) is 0.905. The summed E-state index contributed by atoms with van der Waals surface area (Å²) in [5.74, 6) is 0.508. The van der Waals surface area contributed by atoms with Crippen molar-refractivity contribution < 1.29 is 9.90 Å². The van der Waals surface area contributed by atoms with Gasteiger partial charge in [0, 0.05) is 31.1 Å². The van der Waals surface area contributed by atoms with E-state index < -0.39 is 5.97 Å². The van der Waals surface area contributed by atoms with Crippen LogP contribution in [0.3, 0.4) is 0 Å². The van der Waals surface area contributed by atoms with Gasteiger partial charge in [-0.1, -0.05) is 42.5 Å². The van der Waals surface area contributed by atoms with Crippen LogP contribution in [0, 0.1) is 5.92 Å². The van der Waals surface area contributed by atoms with E-state index in [1.807, 2.05) is 12.1 Å². The number of carboxylic acids is 1. The van der Waals surface area contributed by atoms with Crippen LogP contribution in [0.25, 0.3) is 0 Å². The van der Waals surface area contributed by atoms with Crippen LogP contribution < -0.4 is 0 Å². The largest absolute Gasteiger partial charge is 0.478 e. The minimum absolute atomic E-state index is 0.364. The van der Waals surface area contributed by atoms with Crippen molar-refractivity contribution in [2.45, 2.75) is 37.4 Å². The second kappa shape index (κ2) is 6.77. The van der Waals surface area contributed by atoms with Gasteiger partial charge in [0.05, 0.1) is 5.56 Å². The number of aromatic carboxylic acids is 1. The maximum absolute atomic E-state index is 11.1. The molecule has 2 aromatic rings. The second-order valence-corrected chi connectivity index (χ2v) is 8.30. The van der Waals surface area contributed by atoms with E-state index in [1.54, 1.807) is 12.1 Å². The SMILES string of the molecule is O=C(O)c1ccc(CN2C[C@H](c3ccccc3)[C@@H]3[C@H]2C2CCN3CC2)cc1. The Bertz CT molecular complexity index is 812. The standard InChI is InChI=1S/C23H26N2O2/c26-23(27)19-8-6-16(7-9-19)14-25-15-20(17-4-2-1-3-5-17)22-21(25)18-10-12-24(22)13-11-18/h1-9,18,20-22H,10-15H2,(H,26,27)/t20-,21-,22-/m1/s1. The van der Waals surface area contributed by atoms with E-state index in [9.17, 15) is 4.79 Å². The number of rotatable bonds is 4. The highest BCUT2D eigenvalue weighted by Gasteiger charge is 2.52. The van der Waals surface area contributed by atoms with Crippen LogP contribution in [0.5, 0.6) is 0 Å². The molecule has 4 nitrogen and oxygen atoms in total. The zero-order valence-electron chi connectivity index (χ0n) is 15.5. The van der Waals surface area contributed by atoms with E-state index in [1.165, 1.54) is 37.1 Å². The lowest BCUT2D eigenvalue weighted by molar-refractivity contribution is -0.00869. The van der Waals surface area contributed by atoms with Crippen molar-refractivity contribution in [3.63, 3.8) is 0 Å². The highest BCUT2D eigenvalue weighted by molar-refractivity contribution is 5.87.